The second-order valence-electron chi connectivity index (χ2n) is 5.97. The van der Waals surface area contributed by atoms with E-state index in [1.54, 1.807) is 6.92 Å². The third kappa shape index (κ3) is 3.80. The lowest BCUT2D eigenvalue weighted by Crippen LogP contribution is -2.28. The third-order valence-electron chi connectivity index (χ3n) is 4.27. The Labute approximate surface area is 151 Å². The number of ether oxygens (including phenoxy) is 4. The van der Waals surface area contributed by atoms with E-state index in [0.29, 0.717) is 12.0 Å². The number of nitro groups is 1. The number of benzene rings is 1. The summed E-state index contributed by atoms with van der Waals surface area (Å²) in [7, 11) is 4.18. The molecule has 0 bridgehead atoms. The molecule has 1 aliphatic heterocycles. The van der Waals surface area contributed by atoms with Gasteiger partial charge in [-0.3, -0.25) is 14.9 Å². The molecule has 1 aliphatic rings. The topological polar surface area (TPSA) is 97.1 Å². The highest BCUT2D eigenvalue weighted by molar-refractivity contribution is 6.12. The molecule has 1 aromatic carbocycles. The van der Waals surface area contributed by atoms with Crippen LogP contribution in [0.25, 0.3) is 0 Å². The quantitative estimate of drug-likeness (QED) is 0.416. The van der Waals surface area contributed by atoms with Gasteiger partial charge in [-0.05, 0) is 20.3 Å². The lowest BCUT2D eigenvalue weighted by Gasteiger charge is -2.26. The summed E-state index contributed by atoms with van der Waals surface area (Å²) in [5, 5.41) is 11.2. The summed E-state index contributed by atoms with van der Waals surface area (Å²) in [5.41, 5.74) is 0.654. The molecule has 0 amide bonds. The molecule has 26 heavy (non-hydrogen) atoms. The maximum atomic E-state index is 13.2. The predicted octanol–water partition coefficient (Wildman–Crippen LogP) is 2.80. The number of hydrogen-bond donors (Lipinski definition) is 0. The minimum Gasteiger partial charge on any atom is -0.496 e. The first-order valence-electron chi connectivity index (χ1n) is 8.17. The molecule has 0 unspecified atom stereocenters. The van der Waals surface area contributed by atoms with Crippen molar-refractivity contribution in [3.8, 4) is 17.2 Å². The molecule has 8 nitrogen and oxygen atoms in total. The van der Waals surface area contributed by atoms with Crippen LogP contribution in [0.15, 0.2) is 17.7 Å². The Balaban J connectivity index is 2.68. The van der Waals surface area contributed by atoms with Crippen molar-refractivity contribution in [2.45, 2.75) is 39.0 Å². The SMILES string of the molecule is COc1cc(OC)c(C(=O)C2=CC[C@H](C)O[C@@H]2C)c(C[N+](=O)[O-])c1OC. The molecule has 0 aromatic heterocycles. The average molecular weight is 365 g/mol. The number of ketones is 1. The highest BCUT2D eigenvalue weighted by Crippen LogP contribution is 2.41. The molecule has 1 aromatic rings. The van der Waals surface area contributed by atoms with Crippen molar-refractivity contribution in [3.05, 3.63) is 39.0 Å². The van der Waals surface area contributed by atoms with Gasteiger partial charge in [0.25, 0.3) is 0 Å². The zero-order chi connectivity index (χ0) is 19.4. The van der Waals surface area contributed by atoms with E-state index >= 15 is 0 Å². The van der Waals surface area contributed by atoms with Gasteiger partial charge in [0.15, 0.2) is 17.3 Å². The predicted molar refractivity (Wildman–Crippen MR) is 93.8 cm³/mol. The van der Waals surface area contributed by atoms with Crippen molar-refractivity contribution < 1.29 is 28.7 Å². The summed E-state index contributed by atoms with van der Waals surface area (Å²) in [6.45, 7) is 3.10. The molecule has 0 aliphatic carbocycles. The van der Waals surface area contributed by atoms with E-state index in [0.717, 1.165) is 0 Å². The van der Waals surface area contributed by atoms with Gasteiger partial charge in [0, 0.05) is 16.6 Å². The fourth-order valence-corrected chi connectivity index (χ4v) is 3.09. The summed E-state index contributed by atoms with van der Waals surface area (Å²) in [5.74, 6) is 0.218. The Bertz CT molecular complexity index is 742. The highest BCUT2D eigenvalue weighted by atomic mass is 16.6. The van der Waals surface area contributed by atoms with Gasteiger partial charge in [-0.15, -0.1) is 0 Å². The normalized spacial score (nSPS) is 19.5. The summed E-state index contributed by atoms with van der Waals surface area (Å²) < 4.78 is 21.6. The van der Waals surface area contributed by atoms with Gasteiger partial charge in [0.1, 0.15) is 5.75 Å². The van der Waals surface area contributed by atoms with Gasteiger partial charge in [-0.2, -0.15) is 0 Å². The van der Waals surface area contributed by atoms with Gasteiger partial charge in [0.2, 0.25) is 6.54 Å². The standard InChI is InChI=1S/C18H23NO7/c1-10-6-7-12(11(2)26-10)17(20)16-13(9-19(21)22)18(25-5)15(24-4)8-14(16)23-3/h7-8,10-11H,6,9H2,1-5H3/t10-,11+/m0/s1. The maximum absolute atomic E-state index is 13.2. The maximum Gasteiger partial charge on any atom is 0.233 e. The second-order valence-corrected chi connectivity index (χ2v) is 5.97. The Morgan fingerprint density at radius 1 is 1.23 bits per heavy atom. The molecule has 2 atom stereocenters. The van der Waals surface area contributed by atoms with Crippen LogP contribution >= 0.6 is 0 Å². The monoisotopic (exact) mass is 365 g/mol. The van der Waals surface area contributed by atoms with Gasteiger partial charge in [-0.25, -0.2) is 0 Å². The molecule has 0 spiro atoms. The zero-order valence-corrected chi connectivity index (χ0v) is 15.5. The summed E-state index contributed by atoms with van der Waals surface area (Å²) >= 11 is 0. The van der Waals surface area contributed by atoms with Crippen LogP contribution < -0.4 is 14.2 Å². The first kappa shape index (κ1) is 19.7. The summed E-state index contributed by atoms with van der Waals surface area (Å²) in [4.78, 5) is 23.9. The molecule has 142 valence electrons. The number of nitrogens with zero attached hydrogens (tertiary/aromatic N) is 1. The number of carbonyl (C=O) groups is 1. The minimum atomic E-state index is -0.600. The van der Waals surface area contributed by atoms with Crippen LogP contribution in [0.3, 0.4) is 0 Å². The Kier molecular flexibility index (Phi) is 6.20. The van der Waals surface area contributed by atoms with Crippen molar-refractivity contribution in [2.24, 2.45) is 0 Å². The molecular formula is C18H23NO7. The van der Waals surface area contributed by atoms with Crippen molar-refractivity contribution in [1.29, 1.82) is 0 Å². The van der Waals surface area contributed by atoms with E-state index < -0.39 is 17.6 Å². The van der Waals surface area contributed by atoms with Crippen LogP contribution in [0.5, 0.6) is 17.2 Å². The fraction of sp³-hybridized carbons (Fsp3) is 0.500. The van der Waals surface area contributed by atoms with Crippen LogP contribution in [-0.4, -0.2) is 44.2 Å². The lowest BCUT2D eigenvalue weighted by atomic mass is 9.91. The third-order valence-corrected chi connectivity index (χ3v) is 4.27. The van der Waals surface area contributed by atoms with E-state index in [1.165, 1.54) is 27.4 Å². The first-order valence-corrected chi connectivity index (χ1v) is 8.17. The average Bonchev–Trinajstić information content (AvgIpc) is 2.59. The zero-order valence-electron chi connectivity index (χ0n) is 15.5. The Morgan fingerprint density at radius 2 is 1.88 bits per heavy atom. The molecule has 0 saturated heterocycles. The molecule has 8 heteroatoms. The molecular weight excluding hydrogens is 342 g/mol. The van der Waals surface area contributed by atoms with Gasteiger partial charge in [0.05, 0.1) is 44.7 Å². The van der Waals surface area contributed by atoms with Crippen molar-refractivity contribution in [1.82, 2.24) is 0 Å². The van der Waals surface area contributed by atoms with E-state index in [9.17, 15) is 14.9 Å². The number of methoxy groups -OCH3 is 3. The number of carbonyl (C=O) groups excluding carboxylic acids is 1. The second kappa shape index (κ2) is 8.18. The van der Waals surface area contributed by atoms with Crippen LogP contribution in [0.2, 0.25) is 0 Å². The molecule has 0 fully saturated rings. The Morgan fingerprint density at radius 3 is 2.38 bits per heavy atom. The first-order chi connectivity index (χ1) is 12.3. The van der Waals surface area contributed by atoms with E-state index in [2.05, 4.69) is 0 Å². The molecule has 0 radical (unpaired) electrons. The van der Waals surface area contributed by atoms with Crippen LogP contribution in [0.4, 0.5) is 0 Å². The van der Waals surface area contributed by atoms with E-state index in [4.69, 9.17) is 18.9 Å². The van der Waals surface area contributed by atoms with Gasteiger partial charge < -0.3 is 18.9 Å². The van der Waals surface area contributed by atoms with Gasteiger partial charge >= 0.3 is 0 Å². The van der Waals surface area contributed by atoms with Crippen molar-refractivity contribution >= 4 is 5.78 Å². The largest absolute Gasteiger partial charge is 0.496 e. The van der Waals surface area contributed by atoms with E-state index in [-0.39, 0.29) is 40.3 Å². The number of hydrogen-bond acceptors (Lipinski definition) is 7. The molecule has 2 rings (SSSR count). The molecule has 0 saturated carbocycles. The Hall–Kier alpha value is -2.61. The number of rotatable bonds is 7. The molecule has 1 heterocycles. The summed E-state index contributed by atoms with van der Waals surface area (Å²) in [6, 6.07) is 1.49. The minimum absolute atomic E-state index is 0.00657. The van der Waals surface area contributed by atoms with Crippen LogP contribution in [0.1, 0.15) is 36.2 Å². The van der Waals surface area contributed by atoms with Crippen LogP contribution in [0, 0.1) is 10.1 Å². The van der Waals surface area contributed by atoms with E-state index in [1.807, 2.05) is 13.0 Å². The highest BCUT2D eigenvalue weighted by Gasteiger charge is 2.32. The smallest absolute Gasteiger partial charge is 0.233 e. The fourth-order valence-electron chi connectivity index (χ4n) is 3.09. The lowest BCUT2D eigenvalue weighted by molar-refractivity contribution is -0.497. The molecule has 0 N–H and O–H groups in total. The van der Waals surface area contributed by atoms with Crippen molar-refractivity contribution in [2.75, 3.05) is 21.3 Å². The van der Waals surface area contributed by atoms with Crippen molar-refractivity contribution in [3.63, 3.8) is 0 Å². The number of Topliss-reactive ketones (excluding diaryl/α,β-unsaturated/α-hetero) is 1. The summed E-state index contributed by atoms with van der Waals surface area (Å²) in [6.07, 6.45) is 1.98. The van der Waals surface area contributed by atoms with Gasteiger partial charge in [-0.1, -0.05) is 6.08 Å². The van der Waals surface area contributed by atoms with Crippen LogP contribution in [-0.2, 0) is 11.3 Å².